The molecule has 4 heteroatoms. The molecule has 0 radical (unpaired) electrons. The van der Waals surface area contributed by atoms with Gasteiger partial charge in [-0.2, -0.15) is 0 Å². The van der Waals surface area contributed by atoms with Gasteiger partial charge in [-0.05, 0) is 38.5 Å². The Bertz CT molecular complexity index is 418. The summed E-state index contributed by atoms with van der Waals surface area (Å²) in [5.41, 5.74) is 0.288. The molecule has 1 unspecified atom stereocenters. The van der Waals surface area contributed by atoms with Crippen molar-refractivity contribution in [2.45, 2.75) is 33.2 Å². The fourth-order valence-corrected chi connectivity index (χ4v) is 1.84. The molecule has 0 aliphatic rings. The van der Waals surface area contributed by atoms with Crippen molar-refractivity contribution in [3.63, 3.8) is 0 Å². The lowest BCUT2D eigenvalue weighted by Gasteiger charge is -2.27. The monoisotopic (exact) mass is 251 g/mol. The first-order valence-electron chi connectivity index (χ1n) is 6.23. The van der Waals surface area contributed by atoms with Gasteiger partial charge in [0.2, 0.25) is 0 Å². The summed E-state index contributed by atoms with van der Waals surface area (Å²) in [6.07, 6.45) is 0.879. The van der Waals surface area contributed by atoms with Gasteiger partial charge in [-0.15, -0.1) is 0 Å². The van der Waals surface area contributed by atoms with Crippen LogP contribution in [-0.2, 0) is 0 Å². The van der Waals surface area contributed by atoms with Crippen LogP contribution in [0.15, 0.2) is 18.2 Å². The van der Waals surface area contributed by atoms with Crippen LogP contribution < -0.4 is 4.74 Å². The van der Waals surface area contributed by atoms with Crippen LogP contribution in [0.5, 0.6) is 11.5 Å². The molecule has 1 aromatic rings. The van der Waals surface area contributed by atoms with E-state index >= 15 is 0 Å². The van der Waals surface area contributed by atoms with E-state index in [4.69, 9.17) is 4.74 Å². The first-order chi connectivity index (χ1) is 8.54. The van der Waals surface area contributed by atoms with Gasteiger partial charge < -0.3 is 14.7 Å². The maximum Gasteiger partial charge on any atom is 0.257 e. The number of ether oxygens (including phenoxy) is 1. The summed E-state index contributed by atoms with van der Waals surface area (Å²) in [4.78, 5) is 14.1. The zero-order chi connectivity index (χ0) is 13.7. The Morgan fingerprint density at radius 1 is 1.44 bits per heavy atom. The maximum absolute atomic E-state index is 12.4. The Hall–Kier alpha value is -1.71. The SMILES string of the molecule is CCC(C)N(CC)C(=O)c1cc(OC)ccc1O. The van der Waals surface area contributed by atoms with Crippen molar-refractivity contribution >= 4 is 5.91 Å². The zero-order valence-corrected chi connectivity index (χ0v) is 11.4. The first-order valence-corrected chi connectivity index (χ1v) is 6.23. The third-order valence-corrected chi connectivity index (χ3v) is 3.16. The molecule has 1 amide bonds. The lowest BCUT2D eigenvalue weighted by molar-refractivity contribution is 0.0696. The van der Waals surface area contributed by atoms with Crippen molar-refractivity contribution in [1.82, 2.24) is 4.90 Å². The van der Waals surface area contributed by atoms with Crippen LogP contribution in [0.3, 0.4) is 0 Å². The number of carbonyl (C=O) groups is 1. The summed E-state index contributed by atoms with van der Waals surface area (Å²) < 4.78 is 5.08. The number of amides is 1. The molecule has 1 atom stereocenters. The molecular weight excluding hydrogens is 230 g/mol. The highest BCUT2D eigenvalue weighted by molar-refractivity contribution is 5.97. The standard InChI is InChI=1S/C14H21NO3/c1-5-10(3)15(6-2)14(17)12-9-11(18-4)7-8-13(12)16/h7-10,16H,5-6H2,1-4H3. The molecule has 0 spiro atoms. The normalized spacial score (nSPS) is 12.0. The molecule has 1 aromatic carbocycles. The van der Waals surface area contributed by atoms with E-state index in [0.29, 0.717) is 12.3 Å². The van der Waals surface area contributed by atoms with E-state index in [2.05, 4.69) is 0 Å². The van der Waals surface area contributed by atoms with Crippen LogP contribution in [0.4, 0.5) is 0 Å². The van der Waals surface area contributed by atoms with Crippen molar-refractivity contribution in [3.05, 3.63) is 23.8 Å². The number of benzene rings is 1. The lowest BCUT2D eigenvalue weighted by Crippen LogP contribution is -2.38. The fourth-order valence-electron chi connectivity index (χ4n) is 1.84. The van der Waals surface area contributed by atoms with Crippen LogP contribution in [-0.4, -0.2) is 35.6 Å². The summed E-state index contributed by atoms with van der Waals surface area (Å²) in [6.45, 7) is 6.58. The Balaban J connectivity index is 3.08. The van der Waals surface area contributed by atoms with E-state index < -0.39 is 0 Å². The number of phenolic OH excluding ortho intramolecular Hbond substituents is 1. The van der Waals surface area contributed by atoms with Crippen LogP contribution in [0, 0.1) is 0 Å². The Labute approximate surface area is 108 Å². The molecule has 0 heterocycles. The molecule has 0 fully saturated rings. The van der Waals surface area contributed by atoms with Gasteiger partial charge in [-0.3, -0.25) is 4.79 Å². The highest BCUT2D eigenvalue weighted by atomic mass is 16.5. The van der Waals surface area contributed by atoms with Crippen LogP contribution in [0.2, 0.25) is 0 Å². The second-order valence-corrected chi connectivity index (χ2v) is 4.23. The van der Waals surface area contributed by atoms with E-state index in [1.165, 1.54) is 13.2 Å². The Morgan fingerprint density at radius 2 is 2.11 bits per heavy atom. The van der Waals surface area contributed by atoms with Gasteiger partial charge in [0.1, 0.15) is 11.5 Å². The molecule has 1 rings (SSSR count). The number of phenols is 1. The van der Waals surface area contributed by atoms with Gasteiger partial charge in [0.15, 0.2) is 0 Å². The molecule has 0 saturated heterocycles. The largest absolute Gasteiger partial charge is 0.507 e. The van der Waals surface area contributed by atoms with Gasteiger partial charge in [-0.25, -0.2) is 0 Å². The minimum absolute atomic E-state index is 0.0115. The second kappa shape index (κ2) is 6.28. The van der Waals surface area contributed by atoms with Crippen molar-refractivity contribution in [1.29, 1.82) is 0 Å². The molecular formula is C14H21NO3. The summed E-state index contributed by atoms with van der Waals surface area (Å²) in [5, 5.41) is 9.80. The van der Waals surface area contributed by atoms with Gasteiger partial charge in [-0.1, -0.05) is 6.92 Å². The third-order valence-electron chi connectivity index (χ3n) is 3.16. The Morgan fingerprint density at radius 3 is 2.61 bits per heavy atom. The zero-order valence-electron chi connectivity index (χ0n) is 11.4. The highest BCUT2D eigenvalue weighted by Crippen LogP contribution is 2.25. The number of rotatable bonds is 5. The molecule has 0 aromatic heterocycles. The minimum atomic E-state index is -0.164. The Kier molecular flexibility index (Phi) is 5.01. The van der Waals surface area contributed by atoms with Gasteiger partial charge in [0.25, 0.3) is 5.91 Å². The van der Waals surface area contributed by atoms with E-state index in [1.807, 2.05) is 20.8 Å². The highest BCUT2D eigenvalue weighted by Gasteiger charge is 2.21. The van der Waals surface area contributed by atoms with Gasteiger partial charge >= 0.3 is 0 Å². The molecule has 1 N–H and O–H groups in total. The average Bonchev–Trinajstić information content (AvgIpc) is 2.39. The topological polar surface area (TPSA) is 49.8 Å². The fraction of sp³-hybridized carbons (Fsp3) is 0.500. The molecule has 4 nitrogen and oxygen atoms in total. The summed E-state index contributed by atoms with van der Waals surface area (Å²) in [6, 6.07) is 4.83. The summed E-state index contributed by atoms with van der Waals surface area (Å²) in [5.74, 6) is 0.391. The van der Waals surface area contributed by atoms with E-state index in [0.717, 1.165) is 6.42 Å². The van der Waals surface area contributed by atoms with Gasteiger partial charge in [0, 0.05) is 12.6 Å². The first kappa shape index (κ1) is 14.4. The number of methoxy groups -OCH3 is 1. The minimum Gasteiger partial charge on any atom is -0.507 e. The predicted molar refractivity (Wildman–Crippen MR) is 71.1 cm³/mol. The van der Waals surface area contributed by atoms with Crippen molar-refractivity contribution in [2.75, 3.05) is 13.7 Å². The van der Waals surface area contributed by atoms with Crippen LogP contribution in [0.1, 0.15) is 37.6 Å². The third kappa shape index (κ3) is 2.94. The van der Waals surface area contributed by atoms with Crippen molar-refractivity contribution in [3.8, 4) is 11.5 Å². The summed E-state index contributed by atoms with van der Waals surface area (Å²) >= 11 is 0. The lowest BCUT2D eigenvalue weighted by atomic mass is 10.1. The predicted octanol–water partition coefficient (Wildman–Crippen LogP) is 2.66. The smallest absolute Gasteiger partial charge is 0.257 e. The number of hydrogen-bond donors (Lipinski definition) is 1. The molecule has 0 aliphatic carbocycles. The van der Waals surface area contributed by atoms with Crippen LogP contribution in [0.25, 0.3) is 0 Å². The molecule has 0 saturated carbocycles. The average molecular weight is 251 g/mol. The summed E-state index contributed by atoms with van der Waals surface area (Å²) in [7, 11) is 1.53. The number of hydrogen-bond acceptors (Lipinski definition) is 3. The molecule has 18 heavy (non-hydrogen) atoms. The molecule has 0 aliphatic heterocycles. The van der Waals surface area contributed by atoms with Gasteiger partial charge in [0.05, 0.1) is 12.7 Å². The van der Waals surface area contributed by atoms with Crippen LogP contribution >= 0.6 is 0 Å². The maximum atomic E-state index is 12.4. The van der Waals surface area contributed by atoms with Crippen molar-refractivity contribution < 1.29 is 14.6 Å². The second-order valence-electron chi connectivity index (χ2n) is 4.23. The molecule has 0 bridgehead atoms. The number of aromatic hydroxyl groups is 1. The quantitative estimate of drug-likeness (QED) is 0.875. The molecule has 100 valence electrons. The van der Waals surface area contributed by atoms with Crippen molar-refractivity contribution in [2.24, 2.45) is 0 Å². The van der Waals surface area contributed by atoms with E-state index in [-0.39, 0.29) is 23.3 Å². The van der Waals surface area contributed by atoms with E-state index in [1.54, 1.807) is 17.0 Å². The number of carbonyl (C=O) groups excluding carboxylic acids is 1. The van der Waals surface area contributed by atoms with E-state index in [9.17, 15) is 9.90 Å². The number of nitrogens with zero attached hydrogens (tertiary/aromatic N) is 1.